The molecule has 2 aromatic heterocycles. The zero-order valence-corrected chi connectivity index (χ0v) is 20.9. The summed E-state index contributed by atoms with van der Waals surface area (Å²) in [5.41, 5.74) is 0.976. The maximum atomic E-state index is 13.0. The molecule has 2 heterocycles. The molecule has 2 N–H and O–H groups in total. The van der Waals surface area contributed by atoms with Crippen LogP contribution in [0.4, 0.5) is 0 Å². The van der Waals surface area contributed by atoms with Crippen LogP contribution >= 0.6 is 15.9 Å². The number of ether oxygens (including phenoxy) is 2. The Kier molecular flexibility index (Phi) is 7.81. The summed E-state index contributed by atoms with van der Waals surface area (Å²) in [5, 5.41) is 9.24. The Morgan fingerprint density at radius 1 is 1.06 bits per heavy atom. The minimum atomic E-state index is -0.581. The van der Waals surface area contributed by atoms with E-state index in [1.165, 1.54) is 32.6 Å². The lowest BCUT2D eigenvalue weighted by Crippen LogP contribution is -2.34. The minimum Gasteiger partial charge on any atom is -0.493 e. The van der Waals surface area contributed by atoms with Gasteiger partial charge < -0.3 is 29.0 Å². The van der Waals surface area contributed by atoms with Gasteiger partial charge in [0.25, 0.3) is 11.8 Å². The fourth-order valence-corrected chi connectivity index (χ4v) is 3.57. The third-order valence-corrected chi connectivity index (χ3v) is 5.41. The van der Waals surface area contributed by atoms with Crippen molar-refractivity contribution in [1.82, 2.24) is 20.8 Å². The molecule has 11 heteroatoms. The Hall–Kier alpha value is -4.38. The second kappa shape index (κ2) is 11.4. The van der Waals surface area contributed by atoms with E-state index in [9.17, 15) is 9.59 Å². The highest BCUT2D eigenvalue weighted by atomic mass is 79.9. The molecule has 0 atom stereocenters. The number of hydrogen-bond donors (Lipinski definition) is 2. The molecule has 0 unspecified atom stereocenters. The second-order valence-corrected chi connectivity index (χ2v) is 8.22. The Bertz CT molecular complexity index is 1400. The predicted molar refractivity (Wildman–Crippen MR) is 133 cm³/mol. The molecular weight excluding hydrogens is 532 g/mol. The summed E-state index contributed by atoms with van der Waals surface area (Å²) in [6, 6.07) is 15.4. The maximum Gasteiger partial charge on any atom is 0.268 e. The third-order valence-electron chi connectivity index (χ3n) is 4.92. The summed E-state index contributed by atoms with van der Waals surface area (Å²) in [6.07, 6.45) is 2.87. The van der Waals surface area contributed by atoms with Gasteiger partial charge in [-0.25, -0.2) is 0 Å². The van der Waals surface area contributed by atoms with Crippen LogP contribution in [0.2, 0.25) is 0 Å². The number of carbonyl (C=O) groups excluding carboxylic acids is 2. The Balaban J connectivity index is 1.49. The molecule has 0 radical (unpaired) electrons. The van der Waals surface area contributed by atoms with Crippen molar-refractivity contribution in [2.45, 2.75) is 6.54 Å². The summed E-state index contributed by atoms with van der Waals surface area (Å²) < 4.78 is 21.9. The van der Waals surface area contributed by atoms with Crippen molar-refractivity contribution in [3.8, 4) is 22.9 Å². The average Bonchev–Trinajstić information content (AvgIpc) is 3.59. The first-order valence-electron chi connectivity index (χ1n) is 10.6. The highest BCUT2D eigenvalue weighted by molar-refractivity contribution is 9.10. The average molecular weight is 553 g/mol. The summed E-state index contributed by atoms with van der Waals surface area (Å²) in [7, 11) is 2.96. The maximum absolute atomic E-state index is 13.0. The number of hydrogen-bond acceptors (Lipinski definition) is 8. The number of halogens is 1. The number of aromatic nitrogens is 2. The van der Waals surface area contributed by atoms with E-state index < -0.39 is 11.8 Å². The van der Waals surface area contributed by atoms with Crippen LogP contribution < -0.4 is 20.1 Å². The lowest BCUT2D eigenvalue weighted by molar-refractivity contribution is -0.118. The molecule has 2 aromatic carbocycles. The quantitative estimate of drug-likeness (QED) is 0.295. The summed E-state index contributed by atoms with van der Waals surface area (Å²) in [5.74, 6) is 0.697. The number of carbonyl (C=O) groups is 2. The van der Waals surface area contributed by atoms with Gasteiger partial charge in [-0.3, -0.25) is 9.59 Å². The highest BCUT2D eigenvalue weighted by Gasteiger charge is 2.18. The Labute approximate surface area is 214 Å². The van der Waals surface area contributed by atoms with Gasteiger partial charge in [0, 0.05) is 21.7 Å². The van der Waals surface area contributed by atoms with Crippen molar-refractivity contribution in [2.75, 3.05) is 14.2 Å². The molecule has 4 aromatic rings. The van der Waals surface area contributed by atoms with E-state index in [4.69, 9.17) is 18.4 Å². The number of amides is 2. The fourth-order valence-electron chi connectivity index (χ4n) is 3.17. The molecule has 4 rings (SSSR count). The van der Waals surface area contributed by atoms with Crippen molar-refractivity contribution in [1.29, 1.82) is 0 Å². The monoisotopic (exact) mass is 552 g/mol. The van der Waals surface area contributed by atoms with Crippen LogP contribution in [0.25, 0.3) is 17.5 Å². The summed E-state index contributed by atoms with van der Waals surface area (Å²) in [6.45, 7) is -0.0540. The van der Waals surface area contributed by atoms with Gasteiger partial charge in [-0.05, 0) is 42.5 Å². The Morgan fingerprint density at radius 3 is 2.61 bits per heavy atom. The van der Waals surface area contributed by atoms with E-state index in [0.717, 1.165) is 10.0 Å². The lowest BCUT2D eigenvalue weighted by Gasteiger charge is -2.12. The molecule has 0 saturated carbocycles. The van der Waals surface area contributed by atoms with Crippen molar-refractivity contribution in [2.24, 2.45) is 0 Å². The molecule has 0 fully saturated rings. The van der Waals surface area contributed by atoms with Crippen LogP contribution in [0.5, 0.6) is 11.5 Å². The predicted octanol–water partition coefficient (Wildman–Crippen LogP) is 4.20. The highest BCUT2D eigenvalue weighted by Crippen LogP contribution is 2.27. The van der Waals surface area contributed by atoms with Gasteiger partial charge in [-0.1, -0.05) is 33.2 Å². The van der Waals surface area contributed by atoms with E-state index in [2.05, 4.69) is 36.7 Å². The van der Waals surface area contributed by atoms with Gasteiger partial charge in [-0.2, -0.15) is 4.98 Å². The molecule has 36 heavy (non-hydrogen) atoms. The van der Waals surface area contributed by atoms with Gasteiger partial charge in [0.1, 0.15) is 11.5 Å². The molecule has 0 spiro atoms. The van der Waals surface area contributed by atoms with Gasteiger partial charge >= 0.3 is 0 Å². The molecule has 10 nitrogen and oxygen atoms in total. The van der Waals surface area contributed by atoms with E-state index in [1.54, 1.807) is 24.3 Å². The molecule has 0 saturated heterocycles. The number of methoxy groups -OCH3 is 2. The molecule has 2 amide bonds. The first-order chi connectivity index (χ1) is 17.5. The number of furan rings is 1. The van der Waals surface area contributed by atoms with Crippen molar-refractivity contribution < 1.29 is 28.0 Å². The van der Waals surface area contributed by atoms with Crippen LogP contribution in [0.3, 0.4) is 0 Å². The SMILES string of the molecule is COc1ccc(C(=O)N/C(=C\c2ccco2)C(=O)NCc2nc(-c3cccc(Br)c3)no2)cc1OC. The van der Waals surface area contributed by atoms with Gasteiger partial charge in [0.2, 0.25) is 11.7 Å². The molecular formula is C25H21BrN4O6. The Morgan fingerprint density at radius 2 is 1.89 bits per heavy atom. The minimum absolute atomic E-state index is 0.0449. The van der Waals surface area contributed by atoms with Gasteiger partial charge in [-0.15, -0.1) is 0 Å². The zero-order valence-electron chi connectivity index (χ0n) is 19.3. The number of nitrogens with one attached hydrogen (secondary N) is 2. The van der Waals surface area contributed by atoms with E-state index >= 15 is 0 Å². The van der Waals surface area contributed by atoms with Crippen molar-refractivity contribution in [3.63, 3.8) is 0 Å². The van der Waals surface area contributed by atoms with E-state index in [1.807, 2.05) is 24.3 Å². The molecule has 0 aliphatic rings. The molecule has 0 bridgehead atoms. The number of benzene rings is 2. The largest absolute Gasteiger partial charge is 0.493 e. The normalized spacial score (nSPS) is 11.1. The van der Waals surface area contributed by atoms with Crippen molar-refractivity contribution in [3.05, 3.63) is 88.2 Å². The molecule has 0 aliphatic heterocycles. The second-order valence-electron chi connectivity index (χ2n) is 7.30. The smallest absolute Gasteiger partial charge is 0.268 e. The number of rotatable bonds is 9. The van der Waals surface area contributed by atoms with Gasteiger partial charge in [0.05, 0.1) is 27.0 Å². The lowest BCUT2D eigenvalue weighted by atomic mass is 10.1. The van der Waals surface area contributed by atoms with Crippen LogP contribution in [0.1, 0.15) is 22.0 Å². The van der Waals surface area contributed by atoms with Gasteiger partial charge in [0.15, 0.2) is 11.5 Å². The van der Waals surface area contributed by atoms with Crippen LogP contribution in [-0.2, 0) is 11.3 Å². The van der Waals surface area contributed by atoms with E-state index in [0.29, 0.717) is 23.1 Å². The third kappa shape index (κ3) is 5.99. The summed E-state index contributed by atoms with van der Waals surface area (Å²) >= 11 is 3.40. The number of nitrogens with zero attached hydrogens (tertiary/aromatic N) is 2. The van der Waals surface area contributed by atoms with Crippen LogP contribution in [-0.4, -0.2) is 36.2 Å². The van der Waals surface area contributed by atoms with E-state index in [-0.39, 0.29) is 23.7 Å². The van der Waals surface area contributed by atoms with Crippen LogP contribution in [0, 0.1) is 0 Å². The standard InChI is InChI=1S/C25H21BrN4O6/c1-33-20-9-8-16(12-21(20)34-2)24(31)28-19(13-18-7-4-10-35-18)25(32)27-14-22-29-23(30-36-22)15-5-3-6-17(26)11-15/h3-13H,14H2,1-2H3,(H,27,32)(H,28,31)/b19-13-. The first kappa shape index (κ1) is 24.7. The first-order valence-corrected chi connectivity index (χ1v) is 11.4. The molecule has 0 aliphatic carbocycles. The molecule has 184 valence electrons. The fraction of sp³-hybridized carbons (Fsp3) is 0.120. The topological polar surface area (TPSA) is 129 Å². The summed E-state index contributed by atoms with van der Waals surface area (Å²) in [4.78, 5) is 30.2. The zero-order chi connectivity index (χ0) is 25.5. The van der Waals surface area contributed by atoms with Crippen LogP contribution in [0.15, 0.2) is 80.0 Å². The van der Waals surface area contributed by atoms with Crippen molar-refractivity contribution >= 4 is 33.8 Å².